The number of alkyl halides is 3. The molecule has 0 bridgehead atoms. The van der Waals surface area contributed by atoms with Gasteiger partial charge < -0.3 is 14.9 Å². The Balaban J connectivity index is 1.60. The Morgan fingerprint density at radius 2 is 1.97 bits per heavy atom. The summed E-state index contributed by atoms with van der Waals surface area (Å²) in [5.74, 6) is -1.06. The fourth-order valence-corrected chi connectivity index (χ4v) is 3.98. The number of H-pyrrole nitrogens is 1. The lowest BCUT2D eigenvalue weighted by Gasteiger charge is -2.14. The van der Waals surface area contributed by atoms with Crippen LogP contribution in [0.2, 0.25) is 0 Å². The van der Waals surface area contributed by atoms with Crippen LogP contribution < -0.4 is 10.9 Å². The first-order valence-electron chi connectivity index (χ1n) is 10.1. The number of aryl methyl sites for hydroxylation is 1. The van der Waals surface area contributed by atoms with Crippen molar-refractivity contribution in [3.05, 3.63) is 82.3 Å². The first-order valence-corrected chi connectivity index (χ1v) is 10.1. The largest absolute Gasteiger partial charge is 0.434 e. The smallest absolute Gasteiger partial charge is 0.334 e. The Labute approximate surface area is 194 Å². The monoisotopic (exact) mass is 477 g/mol. The first kappa shape index (κ1) is 21.9. The van der Waals surface area contributed by atoms with Gasteiger partial charge in [0.1, 0.15) is 11.7 Å². The van der Waals surface area contributed by atoms with E-state index in [4.69, 9.17) is 0 Å². The van der Waals surface area contributed by atoms with Gasteiger partial charge in [0, 0.05) is 35.6 Å². The molecule has 0 saturated heterocycles. The normalized spacial score (nSPS) is 11.6. The molecule has 5 rings (SSSR count). The van der Waals surface area contributed by atoms with E-state index in [1.54, 1.807) is 17.8 Å². The van der Waals surface area contributed by atoms with Crippen LogP contribution in [0, 0.1) is 11.3 Å². The number of pyridine rings is 2. The molecule has 35 heavy (non-hydrogen) atoms. The second-order valence-electron chi connectivity index (χ2n) is 7.68. The van der Waals surface area contributed by atoms with Crippen LogP contribution >= 0.6 is 0 Å². The summed E-state index contributed by atoms with van der Waals surface area (Å²) in [6, 6.07) is 9.22. The summed E-state index contributed by atoms with van der Waals surface area (Å²) in [5, 5.41) is 16.4. The van der Waals surface area contributed by atoms with Gasteiger partial charge in [0.2, 0.25) is 0 Å². The van der Waals surface area contributed by atoms with E-state index in [0.717, 1.165) is 6.20 Å². The number of nitrogens with zero attached hydrogens (tertiary/aromatic N) is 5. The Morgan fingerprint density at radius 3 is 2.71 bits per heavy atom. The SMILES string of the molecule is Cn1cc(C#N)c2cc(NC(=O)c3cnn(-c4cccc5c(=O)[nH]ccc45)c3C(F)(F)F)cnc21. The number of aromatic nitrogens is 5. The van der Waals surface area contributed by atoms with Crippen molar-refractivity contribution in [1.29, 1.82) is 5.26 Å². The van der Waals surface area contributed by atoms with Gasteiger partial charge in [-0.05, 0) is 24.3 Å². The van der Waals surface area contributed by atoms with Crippen LogP contribution in [0.5, 0.6) is 0 Å². The van der Waals surface area contributed by atoms with Gasteiger partial charge in [-0.15, -0.1) is 0 Å². The fraction of sp³-hybridized carbons (Fsp3) is 0.0870. The number of nitrogens with one attached hydrogen (secondary N) is 2. The summed E-state index contributed by atoms with van der Waals surface area (Å²) in [4.78, 5) is 31.7. The molecule has 0 spiro atoms. The first-order chi connectivity index (χ1) is 16.7. The molecule has 1 aromatic carbocycles. The van der Waals surface area contributed by atoms with Gasteiger partial charge in [-0.3, -0.25) is 9.59 Å². The summed E-state index contributed by atoms with van der Waals surface area (Å²) >= 11 is 0. The zero-order chi connectivity index (χ0) is 24.9. The third kappa shape index (κ3) is 3.59. The molecule has 0 fully saturated rings. The predicted molar refractivity (Wildman–Crippen MR) is 120 cm³/mol. The molecule has 1 amide bonds. The van der Waals surface area contributed by atoms with Gasteiger partial charge >= 0.3 is 6.18 Å². The van der Waals surface area contributed by atoms with Gasteiger partial charge in [-0.25, -0.2) is 9.67 Å². The quantitative estimate of drug-likeness (QED) is 0.410. The number of carbonyl (C=O) groups excluding carboxylic acids is 1. The van der Waals surface area contributed by atoms with E-state index < -0.39 is 28.9 Å². The number of benzene rings is 1. The number of carbonyl (C=O) groups is 1. The third-order valence-corrected chi connectivity index (χ3v) is 5.49. The molecule has 174 valence electrons. The molecule has 4 aromatic heterocycles. The predicted octanol–water partition coefficient (Wildman–Crippen LogP) is 3.74. The lowest BCUT2D eigenvalue weighted by molar-refractivity contribution is -0.143. The molecular weight excluding hydrogens is 463 g/mol. The molecule has 0 aliphatic rings. The van der Waals surface area contributed by atoms with Crippen molar-refractivity contribution >= 4 is 33.4 Å². The fourth-order valence-electron chi connectivity index (χ4n) is 3.98. The summed E-state index contributed by atoms with van der Waals surface area (Å²) < 4.78 is 44.7. The van der Waals surface area contributed by atoms with Crippen molar-refractivity contribution in [2.75, 3.05) is 5.32 Å². The van der Waals surface area contributed by atoms with Crippen molar-refractivity contribution < 1.29 is 18.0 Å². The molecular formula is C23H14F3N7O2. The van der Waals surface area contributed by atoms with Gasteiger partial charge in [-0.2, -0.15) is 23.5 Å². The molecule has 0 atom stereocenters. The van der Waals surface area contributed by atoms with Crippen LogP contribution in [0.25, 0.3) is 27.5 Å². The summed E-state index contributed by atoms with van der Waals surface area (Å²) in [6.07, 6.45) is 0.0443. The zero-order valence-electron chi connectivity index (χ0n) is 17.9. The van der Waals surface area contributed by atoms with Crippen molar-refractivity contribution in [3.8, 4) is 11.8 Å². The molecule has 5 aromatic rings. The molecule has 0 saturated carbocycles. The molecule has 0 radical (unpaired) electrons. The second-order valence-corrected chi connectivity index (χ2v) is 7.68. The zero-order valence-corrected chi connectivity index (χ0v) is 17.9. The van der Waals surface area contributed by atoms with E-state index in [-0.39, 0.29) is 22.1 Å². The van der Waals surface area contributed by atoms with Gasteiger partial charge in [0.25, 0.3) is 11.5 Å². The van der Waals surface area contributed by atoms with Gasteiger partial charge in [0.05, 0.1) is 34.9 Å². The number of nitriles is 1. The molecule has 12 heteroatoms. The van der Waals surface area contributed by atoms with Crippen LogP contribution in [0.4, 0.5) is 18.9 Å². The maximum Gasteiger partial charge on any atom is 0.434 e. The molecule has 2 N–H and O–H groups in total. The summed E-state index contributed by atoms with van der Waals surface area (Å²) in [5.41, 5.74) is -1.59. The van der Waals surface area contributed by atoms with Crippen LogP contribution in [-0.4, -0.2) is 30.2 Å². The van der Waals surface area contributed by atoms with Crippen molar-refractivity contribution in [1.82, 2.24) is 24.3 Å². The third-order valence-electron chi connectivity index (χ3n) is 5.49. The van der Waals surface area contributed by atoms with E-state index >= 15 is 0 Å². The maximum atomic E-state index is 14.2. The lowest BCUT2D eigenvalue weighted by Crippen LogP contribution is -2.21. The minimum atomic E-state index is -4.94. The lowest BCUT2D eigenvalue weighted by atomic mass is 10.1. The minimum absolute atomic E-state index is 0.00833. The van der Waals surface area contributed by atoms with E-state index in [1.807, 2.05) is 6.07 Å². The van der Waals surface area contributed by atoms with E-state index in [1.165, 1.54) is 42.7 Å². The van der Waals surface area contributed by atoms with Crippen molar-refractivity contribution in [2.45, 2.75) is 6.18 Å². The van der Waals surface area contributed by atoms with E-state index in [2.05, 4.69) is 20.4 Å². The average molecular weight is 477 g/mol. The second kappa shape index (κ2) is 7.84. The van der Waals surface area contributed by atoms with Crippen LogP contribution in [0.15, 0.2) is 59.9 Å². The van der Waals surface area contributed by atoms with E-state index in [0.29, 0.717) is 21.3 Å². The van der Waals surface area contributed by atoms with E-state index in [9.17, 15) is 28.0 Å². The van der Waals surface area contributed by atoms with Crippen molar-refractivity contribution in [2.24, 2.45) is 7.05 Å². The van der Waals surface area contributed by atoms with Gasteiger partial charge in [0.15, 0.2) is 5.69 Å². The summed E-state index contributed by atoms with van der Waals surface area (Å²) in [6.45, 7) is 0. The Bertz CT molecular complexity index is 1740. The van der Waals surface area contributed by atoms with Crippen LogP contribution in [0.3, 0.4) is 0 Å². The molecule has 0 unspecified atom stereocenters. The van der Waals surface area contributed by atoms with Crippen LogP contribution in [0.1, 0.15) is 21.6 Å². The number of hydrogen-bond donors (Lipinski definition) is 2. The highest BCUT2D eigenvalue weighted by Gasteiger charge is 2.41. The molecule has 0 aliphatic carbocycles. The number of anilines is 1. The number of rotatable bonds is 3. The number of amides is 1. The number of halogens is 3. The topological polar surface area (TPSA) is 121 Å². The number of fused-ring (bicyclic) bond motifs is 2. The number of aromatic amines is 1. The van der Waals surface area contributed by atoms with Crippen molar-refractivity contribution in [3.63, 3.8) is 0 Å². The van der Waals surface area contributed by atoms with Gasteiger partial charge in [-0.1, -0.05) is 6.07 Å². The molecule has 4 heterocycles. The highest BCUT2D eigenvalue weighted by Crippen LogP contribution is 2.35. The highest BCUT2D eigenvalue weighted by atomic mass is 19.4. The standard InChI is InChI=1S/C23H14F3N7O2/c1-32-11-12(8-27)16-7-13(9-29-20(16)32)31-22(35)17-10-30-33(19(17)23(24,25)26)18-4-2-3-15-14(18)5-6-28-21(15)34/h2-7,9-11H,1H3,(H,28,34)(H,31,35). The molecule has 9 nitrogen and oxygen atoms in total. The Kier molecular flexibility index (Phi) is 4.91. The number of hydrogen-bond acceptors (Lipinski definition) is 5. The molecule has 0 aliphatic heterocycles. The minimum Gasteiger partial charge on any atom is -0.334 e. The Morgan fingerprint density at radius 1 is 1.17 bits per heavy atom. The average Bonchev–Trinajstić information content (AvgIpc) is 3.41. The highest BCUT2D eigenvalue weighted by molar-refractivity contribution is 6.06. The summed E-state index contributed by atoms with van der Waals surface area (Å²) in [7, 11) is 1.69. The van der Waals surface area contributed by atoms with Crippen LogP contribution in [-0.2, 0) is 13.2 Å². The maximum absolute atomic E-state index is 14.2. The Hall–Kier alpha value is -4.92.